The number of anilines is 2. The van der Waals surface area contributed by atoms with E-state index in [0.29, 0.717) is 17.1 Å². The molecule has 0 unspecified atom stereocenters. The molecular formula is C25H18N6O3. The highest BCUT2D eigenvalue weighted by Crippen LogP contribution is 2.47. The third-order valence-corrected chi connectivity index (χ3v) is 6.07. The number of hydrogen-bond donors (Lipinski definition) is 1. The number of non-ortho nitro benzene ring substituents is 1. The van der Waals surface area contributed by atoms with E-state index in [4.69, 9.17) is 10.1 Å². The number of carbonyl (C=O) groups excluding carboxylic acids is 1. The summed E-state index contributed by atoms with van der Waals surface area (Å²) in [7, 11) is 0. The number of nitrogens with zero attached hydrogens (tertiary/aromatic N) is 5. The largest absolute Gasteiger partial charge is 0.317 e. The molecule has 1 aromatic heterocycles. The van der Waals surface area contributed by atoms with Crippen molar-refractivity contribution in [3.8, 4) is 5.69 Å². The third-order valence-electron chi connectivity index (χ3n) is 6.07. The zero-order chi connectivity index (χ0) is 23.4. The normalized spacial score (nSPS) is 16.1. The Balaban J connectivity index is 1.66. The predicted octanol–water partition coefficient (Wildman–Crippen LogP) is 4.68. The van der Waals surface area contributed by atoms with Crippen LogP contribution in [0.1, 0.15) is 22.9 Å². The highest BCUT2D eigenvalue weighted by Gasteiger charge is 2.42. The zero-order valence-corrected chi connectivity index (χ0v) is 18.0. The molecule has 1 atom stereocenters. The standard InChI is InChI=1S/C25H18N6O3/c1-15-21-22(16-8-7-11-18(14-16)31(33)34)29-20-13-6-5-12-19(20)26-25(32)24(29)27-23(21)30(28-15)17-9-3-2-4-10-17/h2-14,22H,1H3,(H,26,32)/t22-/m0/s1. The molecule has 0 bridgehead atoms. The quantitative estimate of drug-likeness (QED) is 0.360. The van der Waals surface area contributed by atoms with Crippen LogP contribution >= 0.6 is 0 Å². The smallest absolute Gasteiger partial charge is 0.291 e. The van der Waals surface area contributed by atoms with Crippen molar-refractivity contribution >= 4 is 34.6 Å². The molecular weight excluding hydrogens is 432 g/mol. The van der Waals surface area contributed by atoms with Gasteiger partial charge in [-0.25, -0.2) is 9.67 Å². The van der Waals surface area contributed by atoms with Crippen LogP contribution in [0.25, 0.3) is 5.69 Å². The summed E-state index contributed by atoms with van der Waals surface area (Å²) in [4.78, 5) is 30.9. The third kappa shape index (κ3) is 2.91. The van der Waals surface area contributed by atoms with Gasteiger partial charge in [-0.05, 0) is 36.8 Å². The summed E-state index contributed by atoms with van der Waals surface area (Å²) in [5.74, 6) is 0.388. The van der Waals surface area contributed by atoms with Crippen molar-refractivity contribution in [2.75, 3.05) is 10.2 Å². The fraction of sp³-hybridized carbons (Fsp3) is 0.0800. The lowest BCUT2D eigenvalue weighted by molar-refractivity contribution is -0.384. The lowest BCUT2D eigenvalue weighted by Gasteiger charge is -2.40. The molecule has 9 heteroatoms. The number of aryl methyl sites for hydroxylation is 1. The summed E-state index contributed by atoms with van der Waals surface area (Å²) in [6, 6.07) is 23.0. The van der Waals surface area contributed by atoms with Crippen molar-refractivity contribution in [3.63, 3.8) is 0 Å². The number of amides is 1. The molecule has 34 heavy (non-hydrogen) atoms. The minimum Gasteiger partial charge on any atom is -0.317 e. The van der Waals surface area contributed by atoms with Crippen LogP contribution in [-0.2, 0) is 4.79 Å². The van der Waals surface area contributed by atoms with Crippen molar-refractivity contribution in [1.29, 1.82) is 0 Å². The molecule has 0 saturated carbocycles. The number of fused-ring (bicyclic) bond motifs is 4. The molecule has 3 heterocycles. The van der Waals surface area contributed by atoms with Crippen LogP contribution in [0, 0.1) is 17.0 Å². The number of nitro benzene ring substituents is 1. The average molecular weight is 450 g/mol. The van der Waals surface area contributed by atoms with Crippen molar-refractivity contribution in [3.05, 3.63) is 106 Å². The molecule has 1 amide bonds. The number of para-hydroxylation sites is 3. The number of benzene rings is 3. The van der Waals surface area contributed by atoms with Gasteiger partial charge < -0.3 is 10.2 Å². The van der Waals surface area contributed by atoms with E-state index in [1.165, 1.54) is 6.07 Å². The molecule has 2 aliphatic rings. The van der Waals surface area contributed by atoms with Crippen LogP contribution in [-0.4, -0.2) is 26.4 Å². The van der Waals surface area contributed by atoms with E-state index in [1.54, 1.807) is 16.8 Å². The molecule has 2 aliphatic heterocycles. The topological polar surface area (TPSA) is 106 Å². The number of nitrogens with one attached hydrogen (secondary N) is 1. The highest BCUT2D eigenvalue weighted by molar-refractivity contribution is 6.50. The molecule has 0 saturated heterocycles. The van der Waals surface area contributed by atoms with Crippen molar-refractivity contribution in [2.24, 2.45) is 4.99 Å². The minimum atomic E-state index is -0.535. The van der Waals surface area contributed by atoms with Crippen LogP contribution in [0.5, 0.6) is 0 Å². The number of carbonyl (C=O) groups is 1. The Labute approximate surface area is 194 Å². The Morgan fingerprint density at radius 3 is 2.56 bits per heavy atom. The first-order valence-corrected chi connectivity index (χ1v) is 10.7. The van der Waals surface area contributed by atoms with Gasteiger partial charge in [-0.15, -0.1) is 0 Å². The van der Waals surface area contributed by atoms with Gasteiger partial charge in [0.25, 0.3) is 11.6 Å². The van der Waals surface area contributed by atoms with Crippen LogP contribution in [0.4, 0.5) is 22.9 Å². The van der Waals surface area contributed by atoms with E-state index in [2.05, 4.69) is 5.32 Å². The maximum absolute atomic E-state index is 13.2. The van der Waals surface area contributed by atoms with E-state index < -0.39 is 11.0 Å². The summed E-state index contributed by atoms with van der Waals surface area (Å²) in [5.41, 5.74) is 4.38. The molecule has 3 aromatic carbocycles. The fourth-order valence-corrected chi connectivity index (χ4v) is 4.61. The van der Waals surface area contributed by atoms with E-state index in [1.807, 2.05) is 72.5 Å². The first-order chi connectivity index (χ1) is 16.5. The second kappa shape index (κ2) is 7.38. The molecule has 0 aliphatic carbocycles. The maximum Gasteiger partial charge on any atom is 0.291 e. The molecule has 6 rings (SSSR count). The van der Waals surface area contributed by atoms with Gasteiger partial charge in [-0.1, -0.05) is 42.5 Å². The molecule has 4 aromatic rings. The lowest BCUT2D eigenvalue weighted by Crippen LogP contribution is -2.48. The average Bonchev–Trinajstić information content (AvgIpc) is 3.19. The van der Waals surface area contributed by atoms with Crippen molar-refractivity contribution in [1.82, 2.24) is 9.78 Å². The second-order valence-corrected chi connectivity index (χ2v) is 8.10. The van der Waals surface area contributed by atoms with Gasteiger partial charge in [0.2, 0.25) is 5.84 Å². The first-order valence-electron chi connectivity index (χ1n) is 10.7. The number of amidine groups is 1. The monoisotopic (exact) mass is 450 g/mol. The van der Waals surface area contributed by atoms with Gasteiger partial charge >= 0.3 is 0 Å². The van der Waals surface area contributed by atoms with Gasteiger partial charge in [0.15, 0.2) is 5.82 Å². The summed E-state index contributed by atoms with van der Waals surface area (Å²) in [6.07, 6.45) is 0. The first kappa shape index (κ1) is 19.9. The Bertz CT molecular complexity index is 1510. The highest BCUT2D eigenvalue weighted by atomic mass is 16.6. The summed E-state index contributed by atoms with van der Waals surface area (Å²) < 4.78 is 1.72. The Hall–Kier alpha value is -4.79. The molecule has 1 N–H and O–H groups in total. The number of aromatic nitrogens is 2. The van der Waals surface area contributed by atoms with Gasteiger partial charge in [0.05, 0.1) is 33.7 Å². The molecule has 9 nitrogen and oxygen atoms in total. The molecule has 0 radical (unpaired) electrons. The fourth-order valence-electron chi connectivity index (χ4n) is 4.61. The van der Waals surface area contributed by atoms with Crippen LogP contribution < -0.4 is 10.2 Å². The molecule has 0 spiro atoms. The number of rotatable bonds is 3. The van der Waals surface area contributed by atoms with E-state index in [9.17, 15) is 14.9 Å². The number of nitro groups is 1. The van der Waals surface area contributed by atoms with Gasteiger partial charge in [-0.3, -0.25) is 14.9 Å². The predicted molar refractivity (Wildman–Crippen MR) is 128 cm³/mol. The van der Waals surface area contributed by atoms with E-state index >= 15 is 0 Å². The lowest BCUT2D eigenvalue weighted by atomic mass is 9.93. The van der Waals surface area contributed by atoms with Crippen molar-refractivity contribution < 1.29 is 9.72 Å². The summed E-state index contributed by atoms with van der Waals surface area (Å²) in [5, 5.41) is 19.2. The van der Waals surface area contributed by atoms with Crippen LogP contribution in [0.15, 0.2) is 83.9 Å². The zero-order valence-electron chi connectivity index (χ0n) is 18.0. The Morgan fingerprint density at radius 1 is 1.00 bits per heavy atom. The number of aliphatic imine (C=N–C) groups is 1. The van der Waals surface area contributed by atoms with Crippen LogP contribution in [0.2, 0.25) is 0 Å². The van der Waals surface area contributed by atoms with E-state index in [0.717, 1.165) is 22.6 Å². The summed E-state index contributed by atoms with van der Waals surface area (Å²) >= 11 is 0. The van der Waals surface area contributed by atoms with E-state index in [-0.39, 0.29) is 17.4 Å². The Morgan fingerprint density at radius 2 is 1.76 bits per heavy atom. The number of hydrogen-bond acceptors (Lipinski definition) is 6. The Kier molecular flexibility index (Phi) is 4.31. The van der Waals surface area contributed by atoms with Crippen LogP contribution in [0.3, 0.4) is 0 Å². The second-order valence-electron chi connectivity index (χ2n) is 8.10. The maximum atomic E-state index is 13.2. The molecule has 0 fully saturated rings. The van der Waals surface area contributed by atoms with Crippen molar-refractivity contribution in [2.45, 2.75) is 13.0 Å². The summed E-state index contributed by atoms with van der Waals surface area (Å²) in [6.45, 7) is 1.89. The minimum absolute atomic E-state index is 0.0223. The van der Waals surface area contributed by atoms with Gasteiger partial charge in [0, 0.05) is 17.7 Å². The van der Waals surface area contributed by atoms with Gasteiger partial charge in [-0.2, -0.15) is 5.10 Å². The SMILES string of the molecule is Cc1nn(-c2ccccc2)c2c1[C@H](c1cccc([N+](=O)[O-])c1)N1C(=N2)C(=O)Nc2ccccc21. The van der Waals surface area contributed by atoms with Gasteiger partial charge in [0.1, 0.15) is 0 Å². The molecule has 166 valence electrons.